The second-order valence-electron chi connectivity index (χ2n) is 8.44. The van der Waals surface area contributed by atoms with Crippen LogP contribution in [0.25, 0.3) is 21.9 Å². The van der Waals surface area contributed by atoms with Crippen molar-refractivity contribution in [3.63, 3.8) is 0 Å². The van der Waals surface area contributed by atoms with Gasteiger partial charge in [0.05, 0.1) is 28.8 Å². The van der Waals surface area contributed by atoms with Crippen LogP contribution in [0.4, 0.5) is 11.6 Å². The molecule has 0 aliphatic rings. The summed E-state index contributed by atoms with van der Waals surface area (Å²) in [4.78, 5) is 9.25. The van der Waals surface area contributed by atoms with Crippen molar-refractivity contribution in [2.45, 2.75) is 13.8 Å². The van der Waals surface area contributed by atoms with E-state index in [0.717, 1.165) is 38.7 Å². The van der Waals surface area contributed by atoms with Gasteiger partial charge in [-0.1, -0.05) is 36.4 Å². The van der Waals surface area contributed by atoms with Crippen LogP contribution in [0.5, 0.6) is 11.6 Å². The first kappa shape index (κ1) is 22.6. The van der Waals surface area contributed by atoms with E-state index in [-0.39, 0.29) is 0 Å². The normalized spacial score (nSPS) is 10.4. The predicted octanol–water partition coefficient (Wildman–Crippen LogP) is 7.19. The molecule has 0 aliphatic carbocycles. The number of hydrogen-bond donors (Lipinski definition) is 1. The summed E-state index contributed by atoms with van der Waals surface area (Å²) >= 11 is 0. The van der Waals surface area contributed by atoms with E-state index in [2.05, 4.69) is 46.7 Å². The Morgan fingerprint density at radius 3 is 2.17 bits per heavy atom. The fraction of sp³-hybridized carbons (Fsp3) is 0.0667. The molecule has 0 spiro atoms. The molecule has 172 valence electrons. The van der Waals surface area contributed by atoms with E-state index in [1.807, 2.05) is 32.0 Å². The Bertz CT molecular complexity index is 1650. The number of benzene rings is 4. The van der Waals surface area contributed by atoms with Crippen molar-refractivity contribution < 1.29 is 4.74 Å². The van der Waals surface area contributed by atoms with Crippen LogP contribution in [0.2, 0.25) is 0 Å². The largest absolute Gasteiger partial charge is 0.438 e. The summed E-state index contributed by atoms with van der Waals surface area (Å²) in [6.07, 6.45) is 1.74. The van der Waals surface area contributed by atoms with Crippen LogP contribution in [0.3, 0.4) is 0 Å². The molecule has 0 aliphatic heterocycles. The third-order valence-electron chi connectivity index (χ3n) is 5.87. The Kier molecular flexibility index (Phi) is 6.01. The summed E-state index contributed by atoms with van der Waals surface area (Å²) in [5.74, 6) is 1.41. The van der Waals surface area contributed by atoms with Crippen LogP contribution >= 0.6 is 0 Å². The molecular formula is C30H21N5O. The predicted molar refractivity (Wildman–Crippen MR) is 140 cm³/mol. The van der Waals surface area contributed by atoms with Crippen LogP contribution in [-0.4, -0.2) is 9.97 Å². The van der Waals surface area contributed by atoms with Gasteiger partial charge in [0.1, 0.15) is 5.75 Å². The first-order chi connectivity index (χ1) is 17.5. The zero-order valence-electron chi connectivity index (χ0n) is 19.8. The van der Waals surface area contributed by atoms with Crippen molar-refractivity contribution in [2.75, 3.05) is 5.32 Å². The number of nitrogens with one attached hydrogen (secondary N) is 1. The van der Waals surface area contributed by atoms with E-state index >= 15 is 0 Å². The van der Waals surface area contributed by atoms with Crippen LogP contribution in [0, 0.1) is 36.5 Å². The molecule has 4 aromatic carbocycles. The second kappa shape index (κ2) is 9.58. The topological polar surface area (TPSA) is 94.6 Å². The molecule has 5 aromatic rings. The van der Waals surface area contributed by atoms with Crippen molar-refractivity contribution in [2.24, 2.45) is 0 Å². The minimum absolute atomic E-state index is 0.364. The molecule has 36 heavy (non-hydrogen) atoms. The summed E-state index contributed by atoms with van der Waals surface area (Å²) in [5.41, 5.74) is 5.27. The van der Waals surface area contributed by atoms with Crippen LogP contribution < -0.4 is 10.1 Å². The van der Waals surface area contributed by atoms with Gasteiger partial charge in [0.25, 0.3) is 0 Å². The Hall–Kier alpha value is -5.20. The smallest absolute Gasteiger partial charge is 0.231 e. The molecule has 0 radical (unpaired) electrons. The number of nitrogens with zero attached hydrogens (tertiary/aromatic N) is 4. The highest BCUT2D eigenvalue weighted by atomic mass is 16.5. The molecule has 1 aromatic heterocycles. The van der Waals surface area contributed by atoms with Gasteiger partial charge in [-0.3, -0.25) is 0 Å². The van der Waals surface area contributed by atoms with Crippen molar-refractivity contribution in [3.8, 4) is 34.9 Å². The zero-order chi connectivity index (χ0) is 25.1. The van der Waals surface area contributed by atoms with Gasteiger partial charge in [-0.15, -0.1) is 0 Å². The number of aryl methyl sites for hydroxylation is 2. The van der Waals surface area contributed by atoms with Gasteiger partial charge < -0.3 is 10.1 Å². The molecule has 0 fully saturated rings. The Labute approximate surface area is 209 Å². The number of ether oxygens (including phenoxy) is 1. The molecule has 0 unspecified atom stereocenters. The lowest BCUT2D eigenvalue weighted by Gasteiger charge is -2.16. The Morgan fingerprint density at radius 1 is 0.778 bits per heavy atom. The highest BCUT2D eigenvalue weighted by molar-refractivity contribution is 5.88. The number of anilines is 2. The van der Waals surface area contributed by atoms with Gasteiger partial charge in [-0.2, -0.15) is 15.5 Å². The zero-order valence-corrected chi connectivity index (χ0v) is 19.8. The summed E-state index contributed by atoms with van der Waals surface area (Å²) in [7, 11) is 0. The highest BCUT2D eigenvalue weighted by Crippen LogP contribution is 2.36. The number of hydrogen-bond acceptors (Lipinski definition) is 6. The molecule has 0 bridgehead atoms. The maximum absolute atomic E-state index is 9.32. The fourth-order valence-corrected chi connectivity index (χ4v) is 4.09. The Balaban J connectivity index is 1.59. The van der Waals surface area contributed by atoms with Gasteiger partial charge in [0.15, 0.2) is 0 Å². The van der Waals surface area contributed by atoms with Gasteiger partial charge in [-0.05, 0) is 83.8 Å². The molecule has 1 N–H and O–H groups in total. The van der Waals surface area contributed by atoms with Crippen molar-refractivity contribution >= 4 is 22.4 Å². The molecule has 6 nitrogen and oxygen atoms in total. The first-order valence-corrected chi connectivity index (χ1v) is 11.4. The molecule has 1 heterocycles. The summed E-state index contributed by atoms with van der Waals surface area (Å²) in [6.45, 7) is 3.83. The van der Waals surface area contributed by atoms with Crippen LogP contribution in [0.15, 0.2) is 85.1 Å². The third kappa shape index (κ3) is 4.57. The molecule has 0 atom stereocenters. The number of rotatable bonds is 5. The average Bonchev–Trinajstić information content (AvgIpc) is 2.91. The van der Waals surface area contributed by atoms with E-state index in [1.54, 1.807) is 42.6 Å². The highest BCUT2D eigenvalue weighted by Gasteiger charge is 2.16. The summed E-state index contributed by atoms with van der Waals surface area (Å²) in [6, 6.07) is 29.3. The minimum Gasteiger partial charge on any atom is -0.438 e. The monoisotopic (exact) mass is 467 g/mol. The van der Waals surface area contributed by atoms with Gasteiger partial charge in [0.2, 0.25) is 11.8 Å². The van der Waals surface area contributed by atoms with Crippen molar-refractivity contribution in [3.05, 3.63) is 107 Å². The maximum atomic E-state index is 9.32. The Morgan fingerprint density at radius 2 is 1.47 bits per heavy atom. The quantitative estimate of drug-likeness (QED) is 0.294. The fourth-order valence-electron chi connectivity index (χ4n) is 4.09. The van der Waals surface area contributed by atoms with E-state index in [1.165, 1.54) is 0 Å². The molecular weight excluding hydrogens is 446 g/mol. The summed E-state index contributed by atoms with van der Waals surface area (Å²) < 4.78 is 6.41. The molecule has 5 rings (SSSR count). The average molecular weight is 468 g/mol. The van der Waals surface area contributed by atoms with Gasteiger partial charge in [-0.25, -0.2) is 4.98 Å². The van der Waals surface area contributed by atoms with Crippen LogP contribution in [-0.2, 0) is 0 Å². The lowest BCUT2D eigenvalue weighted by molar-refractivity contribution is 0.457. The van der Waals surface area contributed by atoms with E-state index in [0.29, 0.717) is 28.7 Å². The van der Waals surface area contributed by atoms with Crippen molar-refractivity contribution in [1.82, 2.24) is 9.97 Å². The second-order valence-corrected chi connectivity index (χ2v) is 8.44. The standard InChI is InChI=1S/C30H21N5O/c1-19-13-22(17-32)14-20(2)28(19)36-29-27(25-10-9-23-5-3-4-6-24(23)15-25)18-33-30(35-29)34-26-11-7-21(16-31)8-12-26/h3-15,18H,1-2H3,(H,33,34,35). The number of aromatic nitrogens is 2. The molecule has 6 heteroatoms. The van der Waals surface area contributed by atoms with Gasteiger partial charge >= 0.3 is 0 Å². The molecule has 0 saturated heterocycles. The van der Waals surface area contributed by atoms with E-state index in [9.17, 15) is 5.26 Å². The van der Waals surface area contributed by atoms with E-state index < -0.39 is 0 Å². The maximum Gasteiger partial charge on any atom is 0.231 e. The SMILES string of the molecule is Cc1cc(C#N)cc(C)c1Oc1nc(Nc2ccc(C#N)cc2)ncc1-c1ccc2ccccc2c1. The molecule has 0 saturated carbocycles. The third-order valence-corrected chi connectivity index (χ3v) is 5.87. The summed E-state index contributed by atoms with van der Waals surface area (Å²) in [5, 5.41) is 23.8. The van der Waals surface area contributed by atoms with Gasteiger partial charge in [0, 0.05) is 11.9 Å². The lowest BCUT2D eigenvalue weighted by Crippen LogP contribution is -2.02. The first-order valence-electron chi connectivity index (χ1n) is 11.4. The van der Waals surface area contributed by atoms with E-state index in [4.69, 9.17) is 15.0 Å². The number of fused-ring (bicyclic) bond motifs is 1. The van der Waals surface area contributed by atoms with Crippen molar-refractivity contribution in [1.29, 1.82) is 10.5 Å². The number of nitriles is 2. The lowest BCUT2D eigenvalue weighted by atomic mass is 10.0. The molecule has 0 amide bonds. The minimum atomic E-state index is 0.364. The van der Waals surface area contributed by atoms with Crippen LogP contribution in [0.1, 0.15) is 22.3 Å².